The van der Waals surface area contributed by atoms with Gasteiger partial charge in [-0.2, -0.15) is 0 Å². The maximum atomic E-state index is 14.2. The minimum atomic E-state index is -0.662. The van der Waals surface area contributed by atoms with Crippen LogP contribution in [0.4, 0.5) is 9.52 Å². The number of thiazole rings is 1. The number of nitrogens with zero attached hydrogens (tertiary/aromatic N) is 2. The van der Waals surface area contributed by atoms with Crippen molar-refractivity contribution in [2.24, 2.45) is 5.92 Å². The van der Waals surface area contributed by atoms with Gasteiger partial charge in [-0.05, 0) is 24.0 Å². The van der Waals surface area contributed by atoms with Crippen LogP contribution in [-0.2, 0) is 11.3 Å². The number of aromatic nitrogens is 1. The van der Waals surface area contributed by atoms with Crippen molar-refractivity contribution in [3.63, 3.8) is 0 Å². The van der Waals surface area contributed by atoms with Gasteiger partial charge in [-0.1, -0.05) is 67.2 Å². The van der Waals surface area contributed by atoms with Crippen molar-refractivity contribution in [3.8, 4) is 0 Å². The van der Waals surface area contributed by atoms with E-state index in [2.05, 4.69) is 10.3 Å². The van der Waals surface area contributed by atoms with E-state index in [1.165, 1.54) is 34.9 Å². The zero-order chi connectivity index (χ0) is 19.7. The number of carbonyl (C=O) groups is 2. The first-order chi connectivity index (χ1) is 13.5. The Kier molecular flexibility index (Phi) is 5.64. The minimum Gasteiger partial charge on any atom is -0.322 e. The maximum absolute atomic E-state index is 14.2. The van der Waals surface area contributed by atoms with Crippen molar-refractivity contribution in [2.45, 2.75) is 51.1 Å². The van der Waals surface area contributed by atoms with Gasteiger partial charge in [-0.25, -0.2) is 9.37 Å². The molecule has 0 saturated heterocycles. The van der Waals surface area contributed by atoms with Gasteiger partial charge < -0.3 is 10.2 Å². The van der Waals surface area contributed by atoms with Crippen molar-refractivity contribution in [1.29, 1.82) is 0 Å². The summed E-state index contributed by atoms with van der Waals surface area (Å²) in [4.78, 5) is 31.6. The molecule has 148 valence electrons. The molecule has 0 radical (unpaired) electrons. The van der Waals surface area contributed by atoms with E-state index in [0.29, 0.717) is 27.4 Å². The third-order valence-electron chi connectivity index (χ3n) is 5.58. The van der Waals surface area contributed by atoms with Crippen molar-refractivity contribution >= 4 is 39.9 Å². The van der Waals surface area contributed by atoms with Gasteiger partial charge in [-0.3, -0.25) is 9.59 Å². The van der Waals surface area contributed by atoms with Crippen LogP contribution in [0.5, 0.6) is 0 Å². The van der Waals surface area contributed by atoms with Crippen LogP contribution in [0.2, 0.25) is 4.34 Å². The average Bonchev–Trinajstić information content (AvgIpc) is 3.24. The molecule has 1 aliphatic carbocycles. The molecule has 0 spiro atoms. The number of amides is 2. The average molecular weight is 422 g/mol. The van der Waals surface area contributed by atoms with E-state index in [4.69, 9.17) is 11.6 Å². The molecule has 1 fully saturated rings. The van der Waals surface area contributed by atoms with Gasteiger partial charge in [0, 0.05) is 6.54 Å². The third-order valence-corrected chi connectivity index (χ3v) is 6.61. The lowest BCUT2D eigenvalue weighted by atomic mass is 9.84. The zero-order valence-corrected chi connectivity index (χ0v) is 16.9. The summed E-state index contributed by atoms with van der Waals surface area (Å²) in [5.41, 5.74) is 0.713. The van der Waals surface area contributed by atoms with E-state index in [1.54, 1.807) is 12.1 Å². The van der Waals surface area contributed by atoms with Crippen LogP contribution < -0.4 is 5.32 Å². The van der Waals surface area contributed by atoms with Crippen LogP contribution in [-0.4, -0.2) is 27.7 Å². The van der Waals surface area contributed by atoms with Crippen molar-refractivity contribution in [3.05, 3.63) is 45.7 Å². The molecule has 1 saturated carbocycles. The first-order valence-electron chi connectivity index (χ1n) is 9.53. The highest BCUT2D eigenvalue weighted by Gasteiger charge is 2.39. The fourth-order valence-electron chi connectivity index (χ4n) is 4.21. The second-order valence-corrected chi connectivity index (χ2v) is 9.08. The predicted molar refractivity (Wildman–Crippen MR) is 107 cm³/mol. The summed E-state index contributed by atoms with van der Waals surface area (Å²) in [7, 11) is 0. The maximum Gasteiger partial charge on any atom is 0.258 e. The van der Waals surface area contributed by atoms with Gasteiger partial charge in [0.1, 0.15) is 16.2 Å². The Balaban J connectivity index is 1.58. The summed E-state index contributed by atoms with van der Waals surface area (Å²) in [6, 6.07) is 3.96. The Morgan fingerprint density at radius 1 is 1.36 bits per heavy atom. The Labute approximate surface area is 171 Å². The Hall–Kier alpha value is -1.99. The van der Waals surface area contributed by atoms with Crippen LogP contribution in [0, 0.1) is 11.7 Å². The molecule has 1 aliphatic heterocycles. The van der Waals surface area contributed by atoms with Gasteiger partial charge in [0.15, 0.2) is 5.13 Å². The second-order valence-electron chi connectivity index (χ2n) is 7.42. The number of fused-ring (bicyclic) bond motifs is 1. The van der Waals surface area contributed by atoms with E-state index >= 15 is 0 Å². The van der Waals surface area contributed by atoms with Crippen molar-refractivity contribution < 1.29 is 14.0 Å². The number of nitrogens with one attached hydrogen (secondary N) is 1. The first kappa shape index (κ1) is 19.3. The van der Waals surface area contributed by atoms with Gasteiger partial charge >= 0.3 is 0 Å². The van der Waals surface area contributed by atoms with Gasteiger partial charge in [0.05, 0.1) is 11.8 Å². The Bertz CT molecular complexity index is 897. The molecule has 2 aliphatic rings. The number of benzene rings is 1. The molecule has 2 aromatic rings. The molecule has 1 aromatic carbocycles. The summed E-state index contributed by atoms with van der Waals surface area (Å²) < 4.78 is 14.7. The fraction of sp³-hybridized carbons (Fsp3) is 0.450. The van der Waals surface area contributed by atoms with Gasteiger partial charge in [0.25, 0.3) is 5.91 Å². The quantitative estimate of drug-likeness (QED) is 0.749. The highest BCUT2D eigenvalue weighted by molar-refractivity contribution is 7.19. The largest absolute Gasteiger partial charge is 0.322 e. The summed E-state index contributed by atoms with van der Waals surface area (Å²) in [5.74, 6) is -0.862. The molecule has 28 heavy (non-hydrogen) atoms. The van der Waals surface area contributed by atoms with E-state index in [-0.39, 0.29) is 18.0 Å². The molecule has 0 unspecified atom stereocenters. The van der Waals surface area contributed by atoms with Crippen molar-refractivity contribution in [1.82, 2.24) is 9.88 Å². The van der Waals surface area contributed by atoms with E-state index in [9.17, 15) is 14.0 Å². The lowest BCUT2D eigenvalue weighted by Crippen LogP contribution is -2.45. The first-order valence-corrected chi connectivity index (χ1v) is 10.7. The van der Waals surface area contributed by atoms with Crippen LogP contribution in [0.15, 0.2) is 24.4 Å². The van der Waals surface area contributed by atoms with E-state index in [1.807, 2.05) is 0 Å². The Morgan fingerprint density at radius 3 is 2.82 bits per heavy atom. The number of halogens is 2. The molecule has 5 nitrogen and oxygen atoms in total. The number of hydrogen-bond donors (Lipinski definition) is 1. The normalized spacial score (nSPS) is 18.2. The number of carbonyl (C=O) groups excluding carboxylic acids is 2. The van der Waals surface area contributed by atoms with Crippen molar-refractivity contribution in [2.75, 3.05) is 5.32 Å². The number of rotatable bonds is 5. The molecule has 2 heterocycles. The lowest BCUT2D eigenvalue weighted by molar-refractivity contribution is -0.121. The smallest absolute Gasteiger partial charge is 0.258 e. The SMILES string of the molecule is O=C(Nc1ncc(Cl)s1)[C@H](CC1CCCCC1)N1Cc2cccc(F)c2C1=O. The molecule has 1 atom stereocenters. The second kappa shape index (κ2) is 8.17. The highest BCUT2D eigenvalue weighted by Crippen LogP contribution is 2.33. The third kappa shape index (κ3) is 3.91. The van der Waals surface area contributed by atoms with Crippen LogP contribution in [0.25, 0.3) is 0 Å². The van der Waals surface area contributed by atoms with Crippen LogP contribution >= 0.6 is 22.9 Å². The summed E-state index contributed by atoms with van der Waals surface area (Å²) >= 11 is 7.08. The predicted octanol–water partition coefficient (Wildman–Crippen LogP) is 4.87. The highest BCUT2D eigenvalue weighted by atomic mass is 35.5. The minimum absolute atomic E-state index is 0.0845. The summed E-state index contributed by atoms with van der Waals surface area (Å²) in [5, 5.41) is 3.19. The molecular weight excluding hydrogens is 401 g/mol. The van der Waals surface area contributed by atoms with E-state index < -0.39 is 17.8 Å². The standard InChI is InChI=1S/C20H21ClFN3O2S/c21-16-10-23-20(28-16)24-18(26)15(9-12-5-2-1-3-6-12)25-11-13-7-4-8-14(22)17(13)19(25)27/h4,7-8,10,12,15H,1-3,5-6,9,11H2,(H,23,24,26)/t15-/m0/s1. The number of hydrogen-bond acceptors (Lipinski definition) is 4. The number of anilines is 1. The zero-order valence-electron chi connectivity index (χ0n) is 15.3. The van der Waals surface area contributed by atoms with Crippen LogP contribution in [0.1, 0.15) is 54.4 Å². The molecule has 8 heteroatoms. The van der Waals surface area contributed by atoms with Gasteiger partial charge in [0.2, 0.25) is 5.91 Å². The van der Waals surface area contributed by atoms with Gasteiger partial charge in [-0.15, -0.1) is 0 Å². The summed E-state index contributed by atoms with van der Waals surface area (Å²) in [6.45, 7) is 0.245. The monoisotopic (exact) mass is 421 g/mol. The molecule has 0 bridgehead atoms. The van der Waals surface area contributed by atoms with Crippen LogP contribution in [0.3, 0.4) is 0 Å². The summed E-state index contributed by atoms with van der Waals surface area (Å²) in [6.07, 6.45) is 7.65. The Morgan fingerprint density at radius 2 is 2.14 bits per heavy atom. The van der Waals surface area contributed by atoms with E-state index in [0.717, 1.165) is 25.7 Å². The molecular formula is C20H21ClFN3O2S. The molecule has 4 rings (SSSR count). The molecule has 1 N–H and O–H groups in total. The topological polar surface area (TPSA) is 62.3 Å². The lowest BCUT2D eigenvalue weighted by Gasteiger charge is -2.31. The molecule has 2 amide bonds. The fourth-order valence-corrected chi connectivity index (χ4v) is 5.02. The molecule has 1 aromatic heterocycles.